The summed E-state index contributed by atoms with van der Waals surface area (Å²) in [6, 6.07) is 2.05. The Morgan fingerprint density at radius 3 is 2.71 bits per heavy atom. The van der Waals surface area contributed by atoms with Crippen molar-refractivity contribution in [1.29, 1.82) is 0 Å². The number of ketones is 1. The molecular weight excluding hydrogens is 190 g/mol. The number of carbonyl (C=O) groups is 1. The van der Waals surface area contributed by atoms with E-state index in [2.05, 4.69) is 0 Å². The molecule has 0 unspecified atom stereocenters. The minimum absolute atomic E-state index is 0.0324. The maximum absolute atomic E-state index is 13.2. The Kier molecular flexibility index (Phi) is 1.84. The average Bonchev–Trinajstić information content (AvgIpc) is 2.51. The van der Waals surface area contributed by atoms with Crippen LogP contribution in [0.4, 0.5) is 8.78 Å². The molecule has 4 heteroatoms. The summed E-state index contributed by atoms with van der Waals surface area (Å²) in [7, 11) is 0. The zero-order chi connectivity index (χ0) is 10.3. The van der Waals surface area contributed by atoms with Crippen molar-refractivity contribution in [2.24, 2.45) is 0 Å². The lowest BCUT2D eigenvalue weighted by Crippen LogP contribution is -1.98. The van der Waals surface area contributed by atoms with Crippen molar-refractivity contribution in [3.8, 4) is 0 Å². The third-order valence-corrected chi connectivity index (χ3v) is 1.99. The molecular formula is C10H6F2O2. The number of fused-ring (bicyclic) bond motifs is 1. The van der Waals surface area contributed by atoms with Crippen LogP contribution in [-0.2, 0) is 0 Å². The molecule has 2 nitrogen and oxygen atoms in total. The van der Waals surface area contributed by atoms with E-state index >= 15 is 0 Å². The molecule has 0 saturated carbocycles. The maximum Gasteiger partial charge on any atom is 0.166 e. The van der Waals surface area contributed by atoms with E-state index in [-0.39, 0.29) is 16.5 Å². The van der Waals surface area contributed by atoms with E-state index in [0.717, 1.165) is 0 Å². The molecule has 0 radical (unpaired) electrons. The molecule has 0 amide bonds. The van der Waals surface area contributed by atoms with Crippen LogP contribution in [0.3, 0.4) is 0 Å². The average molecular weight is 196 g/mol. The molecule has 1 aromatic carbocycles. The highest BCUT2D eigenvalue weighted by atomic mass is 19.1. The standard InChI is InChI=1S/C10H6F2O2/c1-5(13)9-8(12)4-7(11)6-2-3-14-10(6)9/h2-4H,1H3. The third kappa shape index (κ3) is 1.11. The van der Waals surface area contributed by atoms with Crippen molar-refractivity contribution < 1.29 is 18.0 Å². The van der Waals surface area contributed by atoms with Crippen LogP contribution < -0.4 is 0 Å². The van der Waals surface area contributed by atoms with Gasteiger partial charge in [0.1, 0.15) is 11.6 Å². The SMILES string of the molecule is CC(=O)c1c(F)cc(F)c2ccoc12. The summed E-state index contributed by atoms with van der Waals surface area (Å²) in [5.74, 6) is -2.10. The van der Waals surface area contributed by atoms with Gasteiger partial charge in [-0.15, -0.1) is 0 Å². The number of carbonyl (C=O) groups excluding carboxylic acids is 1. The van der Waals surface area contributed by atoms with Gasteiger partial charge < -0.3 is 4.42 Å². The topological polar surface area (TPSA) is 30.2 Å². The molecule has 0 aliphatic carbocycles. The number of benzene rings is 1. The summed E-state index contributed by atoms with van der Waals surface area (Å²) >= 11 is 0. The van der Waals surface area contributed by atoms with E-state index in [1.165, 1.54) is 19.3 Å². The van der Waals surface area contributed by atoms with E-state index in [1.54, 1.807) is 0 Å². The molecule has 0 aliphatic heterocycles. The van der Waals surface area contributed by atoms with Crippen LogP contribution in [0.25, 0.3) is 11.0 Å². The smallest absolute Gasteiger partial charge is 0.166 e. The van der Waals surface area contributed by atoms with Crippen molar-refractivity contribution >= 4 is 16.8 Å². The van der Waals surface area contributed by atoms with E-state index in [4.69, 9.17) is 4.42 Å². The fraction of sp³-hybridized carbons (Fsp3) is 0.100. The van der Waals surface area contributed by atoms with E-state index in [1.807, 2.05) is 0 Å². The zero-order valence-electron chi connectivity index (χ0n) is 7.30. The van der Waals surface area contributed by atoms with Crippen molar-refractivity contribution in [3.63, 3.8) is 0 Å². The van der Waals surface area contributed by atoms with Crippen LogP contribution >= 0.6 is 0 Å². The van der Waals surface area contributed by atoms with Gasteiger partial charge in [0, 0.05) is 6.07 Å². The van der Waals surface area contributed by atoms with Gasteiger partial charge in [-0.25, -0.2) is 8.78 Å². The number of hydrogen-bond donors (Lipinski definition) is 0. The Morgan fingerprint density at radius 2 is 2.07 bits per heavy atom. The van der Waals surface area contributed by atoms with E-state index in [0.29, 0.717) is 6.07 Å². The molecule has 0 bridgehead atoms. The van der Waals surface area contributed by atoms with Gasteiger partial charge in [0.05, 0.1) is 17.2 Å². The van der Waals surface area contributed by atoms with Crippen molar-refractivity contribution in [3.05, 3.63) is 35.6 Å². The van der Waals surface area contributed by atoms with Gasteiger partial charge in [0.2, 0.25) is 0 Å². The minimum atomic E-state index is -0.891. The highest BCUT2D eigenvalue weighted by Crippen LogP contribution is 2.25. The van der Waals surface area contributed by atoms with Gasteiger partial charge in [0.25, 0.3) is 0 Å². The Hall–Kier alpha value is -1.71. The Balaban J connectivity index is 2.93. The molecule has 0 atom stereocenters. The van der Waals surface area contributed by atoms with Crippen molar-refractivity contribution in [1.82, 2.24) is 0 Å². The zero-order valence-corrected chi connectivity index (χ0v) is 7.30. The molecule has 1 aromatic heterocycles. The number of hydrogen-bond acceptors (Lipinski definition) is 2. The highest BCUT2D eigenvalue weighted by Gasteiger charge is 2.17. The summed E-state index contributed by atoms with van der Waals surface area (Å²) in [6.45, 7) is 1.21. The molecule has 72 valence electrons. The Labute approximate surface area is 78.1 Å². The fourth-order valence-corrected chi connectivity index (χ4v) is 1.39. The predicted octanol–water partition coefficient (Wildman–Crippen LogP) is 2.91. The Bertz CT molecular complexity index is 514. The molecule has 0 spiro atoms. The maximum atomic E-state index is 13.2. The second-order valence-electron chi connectivity index (χ2n) is 2.93. The highest BCUT2D eigenvalue weighted by molar-refractivity contribution is 6.05. The van der Waals surface area contributed by atoms with Crippen LogP contribution in [-0.4, -0.2) is 5.78 Å². The van der Waals surface area contributed by atoms with Crippen LogP contribution in [0.15, 0.2) is 22.8 Å². The lowest BCUT2D eigenvalue weighted by molar-refractivity contribution is 0.101. The second kappa shape index (κ2) is 2.90. The van der Waals surface area contributed by atoms with Crippen LogP contribution in [0.1, 0.15) is 17.3 Å². The molecule has 0 saturated heterocycles. The number of Topliss-reactive ketones (excluding diaryl/α,β-unsaturated/α-hetero) is 1. The van der Waals surface area contributed by atoms with Gasteiger partial charge in [-0.3, -0.25) is 4.79 Å². The predicted molar refractivity (Wildman–Crippen MR) is 46.1 cm³/mol. The summed E-state index contributed by atoms with van der Waals surface area (Å²) in [5.41, 5.74) is -0.235. The minimum Gasteiger partial charge on any atom is -0.463 e. The lowest BCUT2D eigenvalue weighted by Gasteiger charge is -2.00. The molecule has 14 heavy (non-hydrogen) atoms. The van der Waals surface area contributed by atoms with E-state index in [9.17, 15) is 13.6 Å². The monoisotopic (exact) mass is 196 g/mol. The number of furan rings is 1. The molecule has 0 N–H and O–H groups in total. The normalized spacial score (nSPS) is 10.8. The largest absolute Gasteiger partial charge is 0.463 e. The molecule has 0 aliphatic rings. The van der Waals surface area contributed by atoms with Gasteiger partial charge in [-0.05, 0) is 13.0 Å². The first-order valence-electron chi connectivity index (χ1n) is 3.97. The first-order valence-corrected chi connectivity index (χ1v) is 3.97. The molecule has 2 rings (SSSR count). The first kappa shape index (κ1) is 8.87. The first-order chi connectivity index (χ1) is 6.61. The molecule has 1 heterocycles. The van der Waals surface area contributed by atoms with Gasteiger partial charge in [-0.1, -0.05) is 0 Å². The quantitative estimate of drug-likeness (QED) is 0.656. The fourth-order valence-electron chi connectivity index (χ4n) is 1.39. The van der Waals surface area contributed by atoms with Crippen LogP contribution in [0, 0.1) is 11.6 Å². The summed E-state index contributed by atoms with van der Waals surface area (Å²) < 4.78 is 31.2. The molecule has 2 aromatic rings. The van der Waals surface area contributed by atoms with E-state index < -0.39 is 17.4 Å². The second-order valence-corrected chi connectivity index (χ2v) is 2.93. The summed E-state index contributed by atoms with van der Waals surface area (Å²) in [4.78, 5) is 11.1. The van der Waals surface area contributed by atoms with Crippen LogP contribution in [0.2, 0.25) is 0 Å². The number of halogens is 2. The van der Waals surface area contributed by atoms with Gasteiger partial charge in [-0.2, -0.15) is 0 Å². The van der Waals surface area contributed by atoms with Gasteiger partial charge in [0.15, 0.2) is 11.4 Å². The van der Waals surface area contributed by atoms with Gasteiger partial charge >= 0.3 is 0 Å². The van der Waals surface area contributed by atoms with Crippen LogP contribution in [0.5, 0.6) is 0 Å². The summed E-state index contributed by atoms with van der Waals surface area (Å²) in [5, 5.41) is 0.122. The third-order valence-electron chi connectivity index (χ3n) is 1.99. The van der Waals surface area contributed by atoms with Crippen molar-refractivity contribution in [2.75, 3.05) is 0 Å². The molecule has 0 fully saturated rings. The summed E-state index contributed by atoms with van der Waals surface area (Å²) in [6.07, 6.45) is 1.22. The Morgan fingerprint density at radius 1 is 1.36 bits per heavy atom. The lowest BCUT2D eigenvalue weighted by atomic mass is 10.1. The van der Waals surface area contributed by atoms with Crippen molar-refractivity contribution in [2.45, 2.75) is 6.92 Å². The number of rotatable bonds is 1.